The van der Waals surface area contributed by atoms with E-state index < -0.39 is 23.3 Å². The minimum atomic E-state index is -1.02. The fraction of sp³-hybridized carbons (Fsp3) is 0.793. The second kappa shape index (κ2) is 21.5. The Morgan fingerprint density at radius 2 is 0.933 bits per heavy atom. The van der Waals surface area contributed by atoms with Crippen LogP contribution in [0.1, 0.15) is 40.0 Å². The van der Waals surface area contributed by atoms with E-state index in [1.54, 1.807) is 14.7 Å². The Kier molecular flexibility index (Phi) is 19.1. The van der Waals surface area contributed by atoms with Crippen molar-refractivity contribution in [1.29, 1.82) is 0 Å². The molecule has 2 amide bonds. The topological polar surface area (TPSA) is 209 Å². The fourth-order valence-electron chi connectivity index (χ4n) is 4.54. The van der Waals surface area contributed by atoms with Crippen LogP contribution in [0.3, 0.4) is 0 Å². The summed E-state index contributed by atoms with van der Waals surface area (Å²) in [5.74, 6) is -3.36. The Morgan fingerprint density at radius 1 is 0.578 bits per heavy atom. The van der Waals surface area contributed by atoms with Gasteiger partial charge in [0.2, 0.25) is 11.8 Å². The molecular formula is C29H52N6O10. The number of carboxylic acid groups (broad SMARTS) is 3. The number of nitrogens with zero attached hydrogens (tertiary/aromatic N) is 4. The number of carbonyl (C=O) groups is 6. The number of nitrogens with one attached hydrogen (secondary N) is 2. The van der Waals surface area contributed by atoms with E-state index >= 15 is 0 Å². The number of amides is 2. The Bertz CT molecular complexity index is 942. The van der Waals surface area contributed by atoms with Crippen molar-refractivity contribution in [1.82, 2.24) is 30.2 Å². The highest BCUT2D eigenvalue weighted by molar-refractivity contribution is 5.84. The number of Topliss-reactive ketones (excluding diaryl/α,β-unsaturated/α-hetero) is 1. The molecule has 16 heteroatoms. The molecule has 1 aliphatic rings. The van der Waals surface area contributed by atoms with E-state index in [2.05, 4.69) is 10.6 Å². The molecule has 0 aliphatic carbocycles. The standard InChI is InChI=1S/C29H52N6O10/c1-29(2,3)23(36)5-4-6-24(37)30-7-17-45-18-8-31-25(38)19-32-9-11-33(20-26(39)40)13-15-35(22-28(43)44)16-14-34(12-10-32)21-27(41)42/h4-22H2,1-3H3,(H,30,37)(H,31,38)(H,39,40)(H,41,42)(H,43,44). The first kappa shape index (κ1) is 39.8. The smallest absolute Gasteiger partial charge is 0.317 e. The van der Waals surface area contributed by atoms with Gasteiger partial charge in [0.25, 0.3) is 0 Å². The average molecular weight is 645 g/mol. The molecule has 0 aromatic rings. The number of ether oxygens (including phenoxy) is 1. The van der Waals surface area contributed by atoms with Gasteiger partial charge in [-0.3, -0.25) is 48.4 Å². The first-order valence-electron chi connectivity index (χ1n) is 15.3. The third-order valence-corrected chi connectivity index (χ3v) is 7.15. The van der Waals surface area contributed by atoms with E-state index in [9.17, 15) is 44.1 Å². The van der Waals surface area contributed by atoms with Crippen LogP contribution in [0.4, 0.5) is 0 Å². The van der Waals surface area contributed by atoms with Crippen molar-refractivity contribution >= 4 is 35.5 Å². The lowest BCUT2D eigenvalue weighted by Crippen LogP contribution is -2.50. The number of hydrogen-bond acceptors (Lipinski definition) is 11. The largest absolute Gasteiger partial charge is 0.480 e. The molecule has 1 saturated heterocycles. The SMILES string of the molecule is CC(C)(C)C(=O)CCCC(=O)NCCOCCNC(=O)CN1CCN(CC(=O)O)CCN(CC(=O)O)CCN(CC(=O)O)CC1. The highest BCUT2D eigenvalue weighted by atomic mass is 16.5. The summed E-state index contributed by atoms with van der Waals surface area (Å²) in [5.41, 5.74) is -0.412. The summed E-state index contributed by atoms with van der Waals surface area (Å²) in [7, 11) is 0. The lowest BCUT2D eigenvalue weighted by atomic mass is 9.88. The number of aliphatic carboxylic acids is 3. The number of hydrogen-bond donors (Lipinski definition) is 5. The van der Waals surface area contributed by atoms with E-state index in [1.165, 1.54) is 0 Å². The van der Waals surface area contributed by atoms with Gasteiger partial charge in [0.15, 0.2) is 0 Å². The second-order valence-corrected chi connectivity index (χ2v) is 12.1. The first-order chi connectivity index (χ1) is 21.1. The van der Waals surface area contributed by atoms with Gasteiger partial charge in [-0.25, -0.2) is 0 Å². The average Bonchev–Trinajstić information content (AvgIpc) is 2.92. The summed E-state index contributed by atoms with van der Waals surface area (Å²) >= 11 is 0. The van der Waals surface area contributed by atoms with Crippen molar-refractivity contribution in [2.24, 2.45) is 5.41 Å². The van der Waals surface area contributed by atoms with Crippen LogP contribution < -0.4 is 10.6 Å². The summed E-state index contributed by atoms with van der Waals surface area (Å²) < 4.78 is 5.48. The second-order valence-electron chi connectivity index (χ2n) is 12.1. The zero-order valence-corrected chi connectivity index (χ0v) is 26.9. The monoisotopic (exact) mass is 644 g/mol. The molecule has 0 aromatic heterocycles. The molecule has 0 saturated carbocycles. The zero-order valence-electron chi connectivity index (χ0n) is 26.9. The van der Waals surface area contributed by atoms with E-state index in [0.29, 0.717) is 71.7 Å². The maximum Gasteiger partial charge on any atom is 0.317 e. The first-order valence-corrected chi connectivity index (χ1v) is 15.3. The molecule has 0 spiro atoms. The van der Waals surface area contributed by atoms with Gasteiger partial charge in [-0.15, -0.1) is 0 Å². The third kappa shape index (κ3) is 20.5. The van der Waals surface area contributed by atoms with E-state index in [1.807, 2.05) is 25.7 Å². The minimum absolute atomic E-state index is 0.0146. The summed E-state index contributed by atoms with van der Waals surface area (Å²) in [6.07, 6.45) is 1.12. The van der Waals surface area contributed by atoms with Crippen LogP contribution in [0.2, 0.25) is 0 Å². The number of ketones is 1. The van der Waals surface area contributed by atoms with Crippen LogP contribution in [-0.2, 0) is 33.5 Å². The molecule has 16 nitrogen and oxygen atoms in total. The Balaban J connectivity index is 2.52. The number of rotatable bonds is 18. The maximum absolute atomic E-state index is 12.7. The van der Waals surface area contributed by atoms with Gasteiger partial charge in [0.05, 0.1) is 39.4 Å². The van der Waals surface area contributed by atoms with Crippen molar-refractivity contribution in [2.75, 3.05) is 105 Å². The summed E-state index contributed by atoms with van der Waals surface area (Å²) in [4.78, 5) is 77.6. The molecule has 258 valence electrons. The lowest BCUT2D eigenvalue weighted by Gasteiger charge is -2.32. The third-order valence-electron chi connectivity index (χ3n) is 7.15. The van der Waals surface area contributed by atoms with Crippen LogP contribution in [-0.4, -0.2) is 175 Å². The van der Waals surface area contributed by atoms with Gasteiger partial charge in [-0.1, -0.05) is 20.8 Å². The van der Waals surface area contributed by atoms with Gasteiger partial charge < -0.3 is 30.7 Å². The Labute approximate surface area is 265 Å². The molecule has 1 rings (SSSR count). The van der Waals surface area contributed by atoms with Crippen LogP contribution >= 0.6 is 0 Å². The van der Waals surface area contributed by atoms with Crippen LogP contribution in [0.25, 0.3) is 0 Å². The van der Waals surface area contributed by atoms with Crippen LogP contribution in [0.15, 0.2) is 0 Å². The van der Waals surface area contributed by atoms with Gasteiger partial charge >= 0.3 is 17.9 Å². The minimum Gasteiger partial charge on any atom is -0.480 e. The van der Waals surface area contributed by atoms with Crippen molar-refractivity contribution < 1.29 is 48.8 Å². The zero-order chi connectivity index (χ0) is 33.8. The molecule has 5 N–H and O–H groups in total. The van der Waals surface area contributed by atoms with Crippen molar-refractivity contribution in [2.45, 2.75) is 40.0 Å². The fourth-order valence-corrected chi connectivity index (χ4v) is 4.54. The van der Waals surface area contributed by atoms with Gasteiger partial charge in [0, 0.05) is 83.7 Å². The normalized spacial score (nSPS) is 16.7. The van der Waals surface area contributed by atoms with E-state index in [4.69, 9.17) is 4.74 Å². The Hall–Kier alpha value is -3.18. The molecule has 0 aromatic carbocycles. The molecular weight excluding hydrogens is 592 g/mol. The Morgan fingerprint density at radius 3 is 1.29 bits per heavy atom. The van der Waals surface area contributed by atoms with E-state index in [-0.39, 0.29) is 70.0 Å². The summed E-state index contributed by atoms with van der Waals surface area (Å²) in [6.45, 7) is 8.42. The molecule has 1 fully saturated rings. The van der Waals surface area contributed by atoms with Crippen LogP contribution in [0, 0.1) is 5.41 Å². The van der Waals surface area contributed by atoms with Crippen LogP contribution in [0.5, 0.6) is 0 Å². The molecule has 0 bridgehead atoms. The summed E-state index contributed by atoms with van der Waals surface area (Å²) in [6, 6.07) is 0. The van der Waals surface area contributed by atoms with Crippen molar-refractivity contribution in [3.63, 3.8) is 0 Å². The predicted molar refractivity (Wildman–Crippen MR) is 164 cm³/mol. The van der Waals surface area contributed by atoms with Crippen molar-refractivity contribution in [3.8, 4) is 0 Å². The predicted octanol–water partition coefficient (Wildman–Crippen LogP) is -1.50. The van der Waals surface area contributed by atoms with Gasteiger partial charge in [0.1, 0.15) is 5.78 Å². The molecule has 0 unspecified atom stereocenters. The molecule has 45 heavy (non-hydrogen) atoms. The molecule has 0 radical (unpaired) electrons. The van der Waals surface area contributed by atoms with E-state index in [0.717, 1.165) is 0 Å². The highest BCUT2D eigenvalue weighted by Crippen LogP contribution is 2.18. The lowest BCUT2D eigenvalue weighted by molar-refractivity contribution is -0.140. The highest BCUT2D eigenvalue weighted by Gasteiger charge is 2.22. The quantitative estimate of drug-likeness (QED) is 0.108. The maximum atomic E-state index is 12.7. The number of carbonyl (C=O) groups excluding carboxylic acids is 3. The van der Waals surface area contributed by atoms with Crippen molar-refractivity contribution in [3.05, 3.63) is 0 Å². The van der Waals surface area contributed by atoms with Gasteiger partial charge in [-0.2, -0.15) is 0 Å². The van der Waals surface area contributed by atoms with Gasteiger partial charge in [-0.05, 0) is 6.42 Å². The molecule has 1 heterocycles. The molecule has 1 aliphatic heterocycles. The molecule has 0 atom stereocenters. The summed E-state index contributed by atoms with van der Waals surface area (Å²) in [5, 5.41) is 33.5. The number of carboxylic acids is 3.